The largest absolute Gasteiger partial charge is 0.375 e. The maximum Gasteiger partial charge on any atom is 0.319 e. The summed E-state index contributed by atoms with van der Waals surface area (Å²) in [7, 11) is 1.42. The van der Waals surface area contributed by atoms with Gasteiger partial charge in [-0.05, 0) is 49.7 Å². The molecule has 6 nitrogen and oxygen atoms in total. The van der Waals surface area contributed by atoms with Crippen LogP contribution in [0.4, 0.5) is 25.0 Å². The van der Waals surface area contributed by atoms with Crippen LogP contribution in [0.2, 0.25) is 0 Å². The van der Waals surface area contributed by atoms with Crippen LogP contribution in [0.15, 0.2) is 42.5 Å². The number of carbonyl (C=O) groups is 2. The van der Waals surface area contributed by atoms with Crippen molar-refractivity contribution >= 4 is 23.3 Å². The molecule has 0 heterocycles. The minimum Gasteiger partial charge on any atom is -0.375 e. The van der Waals surface area contributed by atoms with Gasteiger partial charge in [0.1, 0.15) is 18.2 Å². The van der Waals surface area contributed by atoms with Crippen LogP contribution < -0.4 is 16.0 Å². The Bertz CT molecular complexity index is 777. The van der Waals surface area contributed by atoms with Crippen molar-refractivity contribution in [1.82, 2.24) is 5.32 Å². The van der Waals surface area contributed by atoms with Gasteiger partial charge < -0.3 is 20.7 Å². The van der Waals surface area contributed by atoms with E-state index in [1.165, 1.54) is 25.3 Å². The highest BCUT2D eigenvalue weighted by Crippen LogP contribution is 2.15. The van der Waals surface area contributed by atoms with Crippen LogP contribution in [-0.4, -0.2) is 31.7 Å². The number of rotatable bonds is 7. The van der Waals surface area contributed by atoms with Crippen LogP contribution in [0.1, 0.15) is 12.5 Å². The Morgan fingerprint density at radius 3 is 2.11 bits per heavy atom. The number of urea groups is 1. The summed E-state index contributed by atoms with van der Waals surface area (Å²) in [6.07, 6.45) is 0.0242. The van der Waals surface area contributed by atoms with E-state index in [0.717, 1.165) is 0 Å². The van der Waals surface area contributed by atoms with Gasteiger partial charge in [0.2, 0.25) is 5.91 Å². The molecule has 27 heavy (non-hydrogen) atoms. The van der Waals surface area contributed by atoms with Gasteiger partial charge in [0.25, 0.3) is 0 Å². The second-order valence-electron chi connectivity index (χ2n) is 5.96. The molecule has 0 aliphatic carbocycles. The number of ether oxygens (including phenoxy) is 1. The number of benzene rings is 2. The first-order valence-corrected chi connectivity index (χ1v) is 8.28. The number of halogens is 2. The van der Waals surface area contributed by atoms with E-state index >= 15 is 0 Å². The van der Waals surface area contributed by atoms with Gasteiger partial charge in [-0.25, -0.2) is 13.6 Å². The molecule has 0 unspecified atom stereocenters. The molecule has 0 spiro atoms. The number of methoxy groups -OCH3 is 1. The first kappa shape index (κ1) is 20.3. The maximum absolute atomic E-state index is 13.7. The van der Waals surface area contributed by atoms with E-state index < -0.39 is 23.7 Å². The minimum absolute atomic E-state index is 0.0242. The number of carbonyl (C=O) groups excluding carboxylic acids is 2. The monoisotopic (exact) mass is 377 g/mol. The number of hydrogen-bond acceptors (Lipinski definition) is 3. The van der Waals surface area contributed by atoms with Crippen molar-refractivity contribution in [1.29, 1.82) is 0 Å². The lowest BCUT2D eigenvalue weighted by atomic mass is 10.1. The second-order valence-corrected chi connectivity index (χ2v) is 5.96. The molecule has 0 aromatic heterocycles. The van der Waals surface area contributed by atoms with Crippen molar-refractivity contribution in [3.8, 4) is 0 Å². The summed E-state index contributed by atoms with van der Waals surface area (Å²) in [5.41, 5.74) is 0.995. The lowest BCUT2D eigenvalue weighted by Gasteiger charge is -2.16. The quantitative estimate of drug-likeness (QED) is 0.693. The van der Waals surface area contributed by atoms with Crippen LogP contribution in [-0.2, 0) is 16.0 Å². The van der Waals surface area contributed by atoms with Crippen LogP contribution in [0, 0.1) is 11.6 Å². The third-order valence-corrected chi connectivity index (χ3v) is 3.65. The summed E-state index contributed by atoms with van der Waals surface area (Å²) < 4.78 is 32.1. The maximum atomic E-state index is 13.7. The molecule has 3 amide bonds. The fourth-order valence-corrected chi connectivity index (χ4v) is 2.44. The van der Waals surface area contributed by atoms with Gasteiger partial charge in [0.05, 0.1) is 0 Å². The van der Waals surface area contributed by atoms with Crippen molar-refractivity contribution in [2.24, 2.45) is 0 Å². The van der Waals surface area contributed by atoms with E-state index in [2.05, 4.69) is 16.0 Å². The van der Waals surface area contributed by atoms with Gasteiger partial charge in [-0.3, -0.25) is 4.79 Å². The third-order valence-electron chi connectivity index (χ3n) is 3.65. The Morgan fingerprint density at radius 2 is 1.56 bits per heavy atom. The molecular formula is C19H21F2N3O3. The summed E-state index contributed by atoms with van der Waals surface area (Å²) in [6.45, 7) is 1.60. The van der Waals surface area contributed by atoms with Crippen LogP contribution in [0.5, 0.6) is 0 Å². The molecule has 0 aliphatic heterocycles. The lowest BCUT2D eigenvalue weighted by molar-refractivity contribution is -0.119. The molecule has 2 rings (SSSR count). The van der Waals surface area contributed by atoms with E-state index in [1.54, 1.807) is 31.2 Å². The molecule has 2 aromatic carbocycles. The average molecular weight is 377 g/mol. The second kappa shape index (κ2) is 9.63. The van der Waals surface area contributed by atoms with E-state index in [0.29, 0.717) is 11.4 Å². The third kappa shape index (κ3) is 6.34. The van der Waals surface area contributed by atoms with Crippen molar-refractivity contribution < 1.29 is 23.1 Å². The van der Waals surface area contributed by atoms with Crippen LogP contribution >= 0.6 is 0 Å². The van der Waals surface area contributed by atoms with Gasteiger partial charge in [-0.15, -0.1) is 0 Å². The molecule has 2 aromatic rings. The Hall–Kier alpha value is -3.00. The first-order valence-electron chi connectivity index (χ1n) is 8.28. The molecule has 0 aliphatic rings. The molecule has 0 fully saturated rings. The number of anilines is 2. The molecule has 0 radical (unpaired) electrons. The Balaban J connectivity index is 1.87. The zero-order valence-electron chi connectivity index (χ0n) is 15.0. The number of nitrogens with one attached hydrogen (secondary N) is 3. The standard InChI is InChI=1S/C19H21F2N3O3/c1-12(10-15-16(20)4-3-5-17(15)21)22-19(26)24-14-8-6-13(7-9-14)23-18(25)11-27-2/h3-9,12H,10-11H2,1-2H3,(H,23,25)(H2,22,24,26)/t12-/m1/s1. The van der Waals surface area contributed by atoms with E-state index in [4.69, 9.17) is 4.74 Å². The van der Waals surface area contributed by atoms with E-state index in [9.17, 15) is 18.4 Å². The highest BCUT2D eigenvalue weighted by Gasteiger charge is 2.14. The summed E-state index contributed by atoms with van der Waals surface area (Å²) in [5.74, 6) is -1.57. The van der Waals surface area contributed by atoms with Crippen molar-refractivity contribution in [2.75, 3.05) is 24.4 Å². The summed E-state index contributed by atoms with van der Waals surface area (Å²) >= 11 is 0. The van der Waals surface area contributed by atoms with Crippen molar-refractivity contribution in [3.63, 3.8) is 0 Å². The predicted octanol–water partition coefficient (Wildman–Crippen LogP) is 3.30. The van der Waals surface area contributed by atoms with E-state index in [-0.39, 0.29) is 24.5 Å². The zero-order valence-corrected chi connectivity index (χ0v) is 15.0. The molecule has 1 atom stereocenters. The highest BCUT2D eigenvalue weighted by atomic mass is 19.1. The molecule has 8 heteroatoms. The Kier molecular flexibility index (Phi) is 7.25. The molecule has 0 saturated heterocycles. The first-order chi connectivity index (χ1) is 12.9. The van der Waals surface area contributed by atoms with Gasteiger partial charge in [0, 0.05) is 30.1 Å². The summed E-state index contributed by atoms with van der Waals surface area (Å²) in [5, 5.41) is 7.87. The molecule has 144 valence electrons. The smallest absolute Gasteiger partial charge is 0.319 e. The molecule has 0 bridgehead atoms. The fraction of sp³-hybridized carbons (Fsp3) is 0.263. The molecule has 0 saturated carbocycles. The number of amides is 3. The zero-order chi connectivity index (χ0) is 19.8. The predicted molar refractivity (Wildman–Crippen MR) is 98.6 cm³/mol. The minimum atomic E-state index is -0.643. The van der Waals surface area contributed by atoms with Crippen molar-refractivity contribution in [3.05, 3.63) is 59.7 Å². The summed E-state index contributed by atoms with van der Waals surface area (Å²) in [6, 6.07) is 9.14. The number of hydrogen-bond donors (Lipinski definition) is 3. The molecule has 3 N–H and O–H groups in total. The summed E-state index contributed by atoms with van der Waals surface area (Å²) in [4.78, 5) is 23.5. The van der Waals surface area contributed by atoms with Gasteiger partial charge in [-0.2, -0.15) is 0 Å². The van der Waals surface area contributed by atoms with Crippen LogP contribution in [0.3, 0.4) is 0 Å². The van der Waals surface area contributed by atoms with Gasteiger partial charge >= 0.3 is 6.03 Å². The Morgan fingerprint density at radius 1 is 1.00 bits per heavy atom. The fourth-order valence-electron chi connectivity index (χ4n) is 2.44. The SMILES string of the molecule is COCC(=O)Nc1ccc(NC(=O)N[C@H](C)Cc2c(F)cccc2F)cc1. The van der Waals surface area contributed by atoms with Crippen LogP contribution in [0.25, 0.3) is 0 Å². The van der Waals surface area contributed by atoms with Crippen molar-refractivity contribution in [2.45, 2.75) is 19.4 Å². The van der Waals surface area contributed by atoms with Gasteiger partial charge in [0.15, 0.2) is 0 Å². The molecular weight excluding hydrogens is 356 g/mol. The van der Waals surface area contributed by atoms with E-state index in [1.807, 2.05) is 0 Å². The lowest BCUT2D eigenvalue weighted by Crippen LogP contribution is -2.37. The topological polar surface area (TPSA) is 79.5 Å². The van der Waals surface area contributed by atoms with Gasteiger partial charge in [-0.1, -0.05) is 6.07 Å². The highest BCUT2D eigenvalue weighted by molar-refractivity contribution is 5.93. The Labute approximate surface area is 155 Å². The normalized spacial score (nSPS) is 11.6. The average Bonchev–Trinajstić information content (AvgIpc) is 2.60.